The maximum atomic E-state index is 12.5. The van der Waals surface area contributed by atoms with Gasteiger partial charge in [-0.3, -0.25) is 4.79 Å². The fourth-order valence-electron chi connectivity index (χ4n) is 2.87. The van der Waals surface area contributed by atoms with Crippen molar-refractivity contribution in [3.05, 3.63) is 36.1 Å². The number of rotatable bonds is 3. The first-order valence-electron chi connectivity index (χ1n) is 7.20. The predicted molar refractivity (Wildman–Crippen MR) is 78.8 cm³/mol. The summed E-state index contributed by atoms with van der Waals surface area (Å²) in [7, 11) is 1.98. The lowest BCUT2D eigenvalue weighted by Crippen LogP contribution is -2.40. The van der Waals surface area contributed by atoms with E-state index in [-0.39, 0.29) is 5.91 Å². The molecule has 1 N–H and O–H groups in total. The second kappa shape index (κ2) is 5.67. The zero-order valence-electron chi connectivity index (χ0n) is 11.8. The van der Waals surface area contributed by atoms with Crippen molar-refractivity contribution >= 4 is 16.9 Å². The van der Waals surface area contributed by atoms with Crippen LogP contribution in [-0.4, -0.2) is 37.5 Å². The van der Waals surface area contributed by atoms with Gasteiger partial charge in [-0.15, -0.1) is 0 Å². The first-order chi connectivity index (χ1) is 9.78. The van der Waals surface area contributed by atoms with Gasteiger partial charge in [0, 0.05) is 18.5 Å². The van der Waals surface area contributed by atoms with Gasteiger partial charge >= 0.3 is 0 Å². The van der Waals surface area contributed by atoms with Gasteiger partial charge in [0.1, 0.15) is 5.58 Å². The van der Waals surface area contributed by atoms with Crippen LogP contribution < -0.4 is 5.32 Å². The molecule has 0 atom stereocenters. The number of carbonyl (C=O) groups excluding carboxylic acids is 1. The standard InChI is InChI=1S/C16H20N2O2/c1-17-11-12-6-8-18(9-7-12)16(19)15-10-13-4-2-3-5-14(13)20-15/h2-5,10,12,17H,6-9,11H2,1H3. The zero-order valence-corrected chi connectivity index (χ0v) is 11.8. The van der Waals surface area contributed by atoms with Crippen LogP contribution in [0.5, 0.6) is 0 Å². The number of amides is 1. The molecule has 20 heavy (non-hydrogen) atoms. The van der Waals surface area contributed by atoms with E-state index in [2.05, 4.69) is 5.32 Å². The van der Waals surface area contributed by atoms with E-state index in [0.717, 1.165) is 43.4 Å². The number of hydrogen-bond acceptors (Lipinski definition) is 3. The van der Waals surface area contributed by atoms with Crippen molar-refractivity contribution in [2.24, 2.45) is 5.92 Å². The molecule has 0 radical (unpaired) electrons. The smallest absolute Gasteiger partial charge is 0.289 e. The van der Waals surface area contributed by atoms with E-state index in [1.54, 1.807) is 0 Å². The Morgan fingerprint density at radius 1 is 1.35 bits per heavy atom. The topological polar surface area (TPSA) is 45.5 Å². The third-order valence-corrected chi connectivity index (χ3v) is 4.03. The van der Waals surface area contributed by atoms with Gasteiger partial charge in [0.05, 0.1) is 0 Å². The van der Waals surface area contributed by atoms with Gasteiger partial charge in [-0.1, -0.05) is 18.2 Å². The molecule has 0 bridgehead atoms. The third-order valence-electron chi connectivity index (χ3n) is 4.03. The molecule has 0 unspecified atom stereocenters. The summed E-state index contributed by atoms with van der Waals surface area (Å²) in [6.07, 6.45) is 2.12. The molecule has 106 valence electrons. The molecule has 4 heteroatoms. The first-order valence-corrected chi connectivity index (χ1v) is 7.20. The zero-order chi connectivity index (χ0) is 13.9. The van der Waals surface area contributed by atoms with Gasteiger partial charge in [0.2, 0.25) is 0 Å². The van der Waals surface area contributed by atoms with Crippen LogP contribution in [0.3, 0.4) is 0 Å². The van der Waals surface area contributed by atoms with Crippen molar-refractivity contribution in [3.63, 3.8) is 0 Å². The van der Waals surface area contributed by atoms with Crippen LogP contribution in [0.1, 0.15) is 23.4 Å². The highest BCUT2D eigenvalue weighted by Crippen LogP contribution is 2.23. The summed E-state index contributed by atoms with van der Waals surface area (Å²) in [5.41, 5.74) is 0.779. The number of carbonyl (C=O) groups is 1. The number of furan rings is 1. The molecule has 1 amide bonds. The minimum Gasteiger partial charge on any atom is -0.451 e. The van der Waals surface area contributed by atoms with Crippen molar-refractivity contribution in [1.29, 1.82) is 0 Å². The molecule has 1 saturated heterocycles. The second-order valence-electron chi connectivity index (χ2n) is 5.44. The summed E-state index contributed by atoms with van der Waals surface area (Å²) < 4.78 is 5.65. The summed E-state index contributed by atoms with van der Waals surface area (Å²) >= 11 is 0. The van der Waals surface area contributed by atoms with Crippen molar-refractivity contribution in [1.82, 2.24) is 10.2 Å². The quantitative estimate of drug-likeness (QED) is 0.933. The number of hydrogen-bond donors (Lipinski definition) is 1. The fraction of sp³-hybridized carbons (Fsp3) is 0.438. The highest BCUT2D eigenvalue weighted by Gasteiger charge is 2.25. The van der Waals surface area contributed by atoms with Crippen LogP contribution in [0.25, 0.3) is 11.0 Å². The van der Waals surface area contributed by atoms with Crippen molar-refractivity contribution in [2.45, 2.75) is 12.8 Å². The molecule has 4 nitrogen and oxygen atoms in total. The lowest BCUT2D eigenvalue weighted by molar-refractivity contribution is 0.0661. The average Bonchev–Trinajstić information content (AvgIpc) is 2.91. The Kier molecular flexibility index (Phi) is 3.74. The van der Waals surface area contributed by atoms with Gasteiger partial charge in [0.25, 0.3) is 5.91 Å². The molecule has 1 aromatic carbocycles. The molecular formula is C16H20N2O2. The van der Waals surface area contributed by atoms with Gasteiger partial charge in [0.15, 0.2) is 5.76 Å². The van der Waals surface area contributed by atoms with E-state index in [1.165, 1.54) is 0 Å². The Bertz CT molecular complexity index is 564. The van der Waals surface area contributed by atoms with Crippen LogP contribution in [-0.2, 0) is 0 Å². The molecular weight excluding hydrogens is 252 g/mol. The Hall–Kier alpha value is -1.81. The Morgan fingerprint density at radius 2 is 2.10 bits per heavy atom. The van der Waals surface area contributed by atoms with Crippen LogP contribution >= 0.6 is 0 Å². The number of nitrogens with zero attached hydrogens (tertiary/aromatic N) is 1. The maximum Gasteiger partial charge on any atom is 0.289 e. The second-order valence-corrected chi connectivity index (χ2v) is 5.44. The minimum absolute atomic E-state index is 0.0177. The summed E-state index contributed by atoms with van der Waals surface area (Å²) in [5, 5.41) is 4.20. The molecule has 1 aliphatic rings. The third kappa shape index (κ3) is 2.56. The fourth-order valence-corrected chi connectivity index (χ4v) is 2.87. The largest absolute Gasteiger partial charge is 0.451 e. The van der Waals surface area contributed by atoms with Gasteiger partial charge in [-0.2, -0.15) is 0 Å². The molecule has 1 aliphatic heterocycles. The number of piperidine rings is 1. The van der Waals surface area contributed by atoms with E-state index in [4.69, 9.17) is 4.42 Å². The Morgan fingerprint density at radius 3 is 2.80 bits per heavy atom. The highest BCUT2D eigenvalue weighted by atomic mass is 16.3. The molecule has 0 aliphatic carbocycles. The van der Waals surface area contributed by atoms with Gasteiger partial charge in [-0.05, 0) is 44.5 Å². The summed E-state index contributed by atoms with van der Waals surface area (Å²) in [6.45, 7) is 2.68. The highest BCUT2D eigenvalue weighted by molar-refractivity contribution is 5.96. The molecule has 2 aromatic rings. The predicted octanol–water partition coefficient (Wildman–Crippen LogP) is 2.50. The lowest BCUT2D eigenvalue weighted by Gasteiger charge is -2.31. The van der Waals surface area contributed by atoms with E-state index >= 15 is 0 Å². The minimum atomic E-state index is 0.0177. The van der Waals surface area contributed by atoms with E-state index in [0.29, 0.717) is 11.7 Å². The van der Waals surface area contributed by atoms with Crippen LogP contribution in [0.2, 0.25) is 0 Å². The van der Waals surface area contributed by atoms with Crippen molar-refractivity contribution in [2.75, 3.05) is 26.7 Å². The number of para-hydroxylation sites is 1. The molecule has 2 heterocycles. The SMILES string of the molecule is CNCC1CCN(C(=O)c2cc3ccccc3o2)CC1. The molecule has 3 rings (SSSR count). The van der Waals surface area contributed by atoms with Crippen LogP contribution in [0.15, 0.2) is 34.7 Å². The Balaban J connectivity index is 1.70. The van der Waals surface area contributed by atoms with E-state index in [9.17, 15) is 4.79 Å². The van der Waals surface area contributed by atoms with E-state index in [1.807, 2.05) is 42.3 Å². The van der Waals surface area contributed by atoms with Crippen LogP contribution in [0.4, 0.5) is 0 Å². The normalized spacial score (nSPS) is 16.8. The average molecular weight is 272 g/mol. The Labute approximate surface area is 118 Å². The summed E-state index contributed by atoms with van der Waals surface area (Å²) in [6, 6.07) is 9.58. The van der Waals surface area contributed by atoms with Gasteiger partial charge in [-0.25, -0.2) is 0 Å². The number of benzene rings is 1. The summed E-state index contributed by atoms with van der Waals surface area (Å²) in [5.74, 6) is 1.15. The lowest BCUT2D eigenvalue weighted by atomic mass is 9.97. The number of nitrogens with one attached hydrogen (secondary N) is 1. The summed E-state index contributed by atoms with van der Waals surface area (Å²) in [4.78, 5) is 14.4. The number of fused-ring (bicyclic) bond motifs is 1. The molecule has 0 spiro atoms. The maximum absolute atomic E-state index is 12.5. The molecule has 1 fully saturated rings. The monoisotopic (exact) mass is 272 g/mol. The van der Waals surface area contributed by atoms with Crippen molar-refractivity contribution in [3.8, 4) is 0 Å². The van der Waals surface area contributed by atoms with Gasteiger partial charge < -0.3 is 14.6 Å². The molecule has 1 aromatic heterocycles. The van der Waals surface area contributed by atoms with E-state index < -0.39 is 0 Å². The molecule has 0 saturated carbocycles. The first kappa shape index (κ1) is 13.2. The van der Waals surface area contributed by atoms with Crippen LogP contribution in [0, 0.1) is 5.92 Å². The number of likely N-dealkylation sites (tertiary alicyclic amines) is 1. The van der Waals surface area contributed by atoms with Crippen molar-refractivity contribution < 1.29 is 9.21 Å².